The summed E-state index contributed by atoms with van der Waals surface area (Å²) in [7, 11) is 1.81. The van der Waals surface area contributed by atoms with Crippen LogP contribution >= 0.6 is 0 Å². The minimum absolute atomic E-state index is 0.348. The minimum atomic E-state index is 0.348. The van der Waals surface area contributed by atoms with Gasteiger partial charge in [0.2, 0.25) is 0 Å². The van der Waals surface area contributed by atoms with Gasteiger partial charge in [0.15, 0.2) is 5.82 Å². The third kappa shape index (κ3) is 4.15. The van der Waals surface area contributed by atoms with E-state index in [-0.39, 0.29) is 0 Å². The molecule has 0 saturated carbocycles. The topological polar surface area (TPSA) is 41.5 Å². The van der Waals surface area contributed by atoms with Crippen molar-refractivity contribution < 1.29 is 4.74 Å². The Morgan fingerprint density at radius 2 is 2.05 bits per heavy atom. The van der Waals surface area contributed by atoms with Crippen LogP contribution in [0.4, 0.5) is 5.82 Å². The van der Waals surface area contributed by atoms with Crippen LogP contribution in [0.3, 0.4) is 0 Å². The van der Waals surface area contributed by atoms with Gasteiger partial charge in [-0.2, -0.15) is 5.10 Å². The third-order valence-electron chi connectivity index (χ3n) is 3.95. The fourth-order valence-corrected chi connectivity index (χ4v) is 2.60. The molecule has 2 rings (SSSR count). The van der Waals surface area contributed by atoms with Crippen molar-refractivity contribution in [3.63, 3.8) is 0 Å². The van der Waals surface area contributed by atoms with Gasteiger partial charge in [0.05, 0.1) is 11.8 Å². The Balaban J connectivity index is 1.90. The molecular weight excluding hydrogens is 252 g/mol. The summed E-state index contributed by atoms with van der Waals surface area (Å²) in [5, 5.41) is 8.45. The van der Waals surface area contributed by atoms with E-state index in [1.54, 1.807) is 7.11 Å². The first-order valence-corrected chi connectivity index (χ1v) is 7.53. The van der Waals surface area contributed by atoms with Crippen molar-refractivity contribution >= 4 is 5.82 Å². The number of hydrogen-bond acceptors (Lipinski definition) is 5. The number of hydrogen-bond donors (Lipinski definition) is 0. The Morgan fingerprint density at radius 1 is 1.20 bits per heavy atom. The van der Waals surface area contributed by atoms with E-state index in [0.29, 0.717) is 6.10 Å². The van der Waals surface area contributed by atoms with Crippen LogP contribution in [-0.2, 0) is 4.74 Å². The quantitative estimate of drug-likeness (QED) is 0.820. The first kappa shape index (κ1) is 15.2. The summed E-state index contributed by atoms with van der Waals surface area (Å²) in [6, 6.07) is 4.10. The SMILES string of the molecule is CCC(CN1CCCN(c2ccc(C)nn2)CC1)OC. The van der Waals surface area contributed by atoms with Crippen LogP contribution in [0.1, 0.15) is 25.5 Å². The molecule has 0 spiro atoms. The highest BCUT2D eigenvalue weighted by molar-refractivity contribution is 5.37. The molecule has 0 aliphatic carbocycles. The lowest BCUT2D eigenvalue weighted by Crippen LogP contribution is -2.36. The molecule has 0 aromatic carbocycles. The maximum Gasteiger partial charge on any atom is 0.151 e. The zero-order chi connectivity index (χ0) is 14.4. The molecule has 5 heteroatoms. The summed E-state index contributed by atoms with van der Waals surface area (Å²) in [6.07, 6.45) is 2.58. The van der Waals surface area contributed by atoms with Gasteiger partial charge < -0.3 is 9.64 Å². The molecule has 112 valence electrons. The molecule has 1 aliphatic heterocycles. The number of rotatable bonds is 5. The molecule has 1 saturated heterocycles. The van der Waals surface area contributed by atoms with E-state index in [4.69, 9.17) is 4.74 Å². The molecule has 2 heterocycles. The van der Waals surface area contributed by atoms with Crippen LogP contribution in [0.15, 0.2) is 12.1 Å². The molecule has 1 unspecified atom stereocenters. The molecule has 0 radical (unpaired) electrons. The predicted octanol–water partition coefficient (Wildman–Crippen LogP) is 1.72. The van der Waals surface area contributed by atoms with Crippen LogP contribution in [0.5, 0.6) is 0 Å². The largest absolute Gasteiger partial charge is 0.380 e. The molecule has 1 fully saturated rings. The summed E-state index contributed by atoms with van der Waals surface area (Å²) in [4.78, 5) is 4.83. The van der Waals surface area contributed by atoms with Crippen LogP contribution in [0.25, 0.3) is 0 Å². The van der Waals surface area contributed by atoms with Gasteiger partial charge in [0.25, 0.3) is 0 Å². The standard InChI is InChI=1S/C15H26N4O/c1-4-14(20-3)12-18-8-5-9-19(11-10-18)15-7-6-13(2)16-17-15/h6-7,14H,4-5,8-12H2,1-3H3. The maximum absolute atomic E-state index is 5.49. The number of ether oxygens (including phenoxy) is 1. The molecule has 1 aromatic rings. The molecule has 0 N–H and O–H groups in total. The predicted molar refractivity (Wildman–Crippen MR) is 81.1 cm³/mol. The molecule has 0 bridgehead atoms. The van der Waals surface area contributed by atoms with Gasteiger partial charge in [0.1, 0.15) is 0 Å². The smallest absolute Gasteiger partial charge is 0.151 e. The van der Waals surface area contributed by atoms with E-state index in [2.05, 4.69) is 33.0 Å². The zero-order valence-corrected chi connectivity index (χ0v) is 12.9. The Labute approximate surface area is 121 Å². The molecule has 1 atom stereocenters. The van der Waals surface area contributed by atoms with Gasteiger partial charge in [-0.1, -0.05) is 6.92 Å². The molecule has 5 nitrogen and oxygen atoms in total. The molecule has 0 amide bonds. The van der Waals surface area contributed by atoms with Gasteiger partial charge in [0, 0.05) is 33.3 Å². The third-order valence-corrected chi connectivity index (χ3v) is 3.95. The van der Waals surface area contributed by atoms with Crippen LogP contribution < -0.4 is 4.90 Å². The fourth-order valence-electron chi connectivity index (χ4n) is 2.60. The van der Waals surface area contributed by atoms with Gasteiger partial charge in [-0.15, -0.1) is 5.10 Å². The molecular formula is C15H26N4O. The van der Waals surface area contributed by atoms with Gasteiger partial charge in [-0.05, 0) is 38.4 Å². The number of methoxy groups -OCH3 is 1. The lowest BCUT2D eigenvalue weighted by atomic mass is 10.2. The maximum atomic E-state index is 5.49. The van der Waals surface area contributed by atoms with Gasteiger partial charge in [-0.3, -0.25) is 4.90 Å². The fraction of sp³-hybridized carbons (Fsp3) is 0.733. The number of aromatic nitrogens is 2. The second-order valence-corrected chi connectivity index (χ2v) is 5.44. The van der Waals surface area contributed by atoms with Crippen LogP contribution in [0, 0.1) is 6.92 Å². The molecule has 20 heavy (non-hydrogen) atoms. The van der Waals surface area contributed by atoms with Crippen molar-refractivity contribution in [3.8, 4) is 0 Å². The van der Waals surface area contributed by atoms with E-state index >= 15 is 0 Å². The number of aryl methyl sites for hydroxylation is 1. The molecule has 1 aromatic heterocycles. The highest BCUT2D eigenvalue weighted by Gasteiger charge is 2.18. The Bertz CT molecular complexity index is 391. The van der Waals surface area contributed by atoms with E-state index in [1.807, 2.05) is 13.0 Å². The van der Waals surface area contributed by atoms with Gasteiger partial charge >= 0.3 is 0 Å². The van der Waals surface area contributed by atoms with Crippen LogP contribution in [0.2, 0.25) is 0 Å². The second-order valence-electron chi connectivity index (χ2n) is 5.44. The van der Waals surface area contributed by atoms with Crippen molar-refractivity contribution in [2.24, 2.45) is 0 Å². The summed E-state index contributed by atoms with van der Waals surface area (Å²) in [5.41, 5.74) is 0.969. The van der Waals surface area contributed by atoms with E-state index in [0.717, 1.165) is 57.1 Å². The normalized spacial score (nSPS) is 18.9. The monoisotopic (exact) mass is 278 g/mol. The van der Waals surface area contributed by atoms with Crippen molar-refractivity contribution in [3.05, 3.63) is 17.8 Å². The Hall–Kier alpha value is -1.20. The average molecular weight is 278 g/mol. The summed E-state index contributed by atoms with van der Waals surface area (Å²) < 4.78 is 5.49. The van der Waals surface area contributed by atoms with E-state index in [1.165, 1.54) is 0 Å². The van der Waals surface area contributed by atoms with E-state index < -0.39 is 0 Å². The van der Waals surface area contributed by atoms with Crippen LogP contribution in [-0.4, -0.2) is 61.0 Å². The second kappa shape index (κ2) is 7.55. The van der Waals surface area contributed by atoms with Crippen molar-refractivity contribution in [1.29, 1.82) is 0 Å². The van der Waals surface area contributed by atoms with Gasteiger partial charge in [-0.25, -0.2) is 0 Å². The summed E-state index contributed by atoms with van der Waals surface area (Å²) in [5.74, 6) is 0.997. The van der Waals surface area contributed by atoms with Crippen molar-refractivity contribution in [1.82, 2.24) is 15.1 Å². The number of nitrogens with zero attached hydrogens (tertiary/aromatic N) is 4. The van der Waals surface area contributed by atoms with Crippen molar-refractivity contribution in [2.45, 2.75) is 32.8 Å². The lowest BCUT2D eigenvalue weighted by molar-refractivity contribution is 0.0635. The zero-order valence-electron chi connectivity index (χ0n) is 12.9. The van der Waals surface area contributed by atoms with Crippen molar-refractivity contribution in [2.75, 3.05) is 44.7 Å². The Kier molecular flexibility index (Phi) is 5.73. The highest BCUT2D eigenvalue weighted by atomic mass is 16.5. The first-order chi connectivity index (χ1) is 9.72. The molecule has 1 aliphatic rings. The highest BCUT2D eigenvalue weighted by Crippen LogP contribution is 2.13. The first-order valence-electron chi connectivity index (χ1n) is 7.53. The summed E-state index contributed by atoms with van der Waals surface area (Å²) >= 11 is 0. The Morgan fingerprint density at radius 3 is 2.70 bits per heavy atom. The van der Waals surface area contributed by atoms with E-state index in [9.17, 15) is 0 Å². The minimum Gasteiger partial charge on any atom is -0.380 e. The average Bonchev–Trinajstić information content (AvgIpc) is 2.71. The summed E-state index contributed by atoms with van der Waals surface area (Å²) in [6.45, 7) is 9.44. The number of anilines is 1. The lowest BCUT2D eigenvalue weighted by Gasteiger charge is -2.25.